The van der Waals surface area contributed by atoms with Gasteiger partial charge in [-0.2, -0.15) is 0 Å². The Morgan fingerprint density at radius 1 is 0.917 bits per heavy atom. The Hall–Kier alpha value is -0.490. The molecule has 0 unspecified atom stereocenters. The number of benzene rings is 1. The monoisotopic (exact) mass is 182 g/mol. The van der Waals surface area contributed by atoms with Crippen LogP contribution in [0.1, 0.15) is 43.2 Å². The summed E-state index contributed by atoms with van der Waals surface area (Å²) in [6.07, 6.45) is 0. The van der Waals surface area contributed by atoms with Crippen molar-refractivity contribution >= 4 is 11.6 Å². The van der Waals surface area contributed by atoms with Crippen LogP contribution in [0, 0.1) is 0 Å². The summed E-state index contributed by atoms with van der Waals surface area (Å²) in [6.45, 7) is 6.38. The van der Waals surface area contributed by atoms with Crippen molar-refractivity contribution < 1.29 is 0 Å². The second kappa shape index (κ2) is 3.95. The first-order valence-electron chi connectivity index (χ1n) is 4.35. The molecule has 0 amide bonds. The fourth-order valence-corrected chi connectivity index (χ4v) is 1.29. The van der Waals surface area contributed by atoms with Gasteiger partial charge < -0.3 is 0 Å². The maximum atomic E-state index is 5.94. The molecule has 0 fully saturated rings. The van der Waals surface area contributed by atoms with Gasteiger partial charge in [-0.15, -0.1) is 11.6 Å². The smallest absolute Gasteiger partial charge is 0.0557 e. The molecule has 1 atom stereocenters. The summed E-state index contributed by atoms with van der Waals surface area (Å²) in [7, 11) is 0. The molecule has 1 aromatic carbocycles. The highest BCUT2D eigenvalue weighted by Crippen LogP contribution is 2.21. The van der Waals surface area contributed by atoms with Crippen molar-refractivity contribution in [1.29, 1.82) is 0 Å². The van der Waals surface area contributed by atoms with Crippen molar-refractivity contribution in [3.05, 3.63) is 35.4 Å². The quantitative estimate of drug-likeness (QED) is 0.604. The summed E-state index contributed by atoms with van der Waals surface area (Å²) in [5.41, 5.74) is 2.57. The molecule has 1 heteroatoms. The highest BCUT2D eigenvalue weighted by molar-refractivity contribution is 6.20. The van der Waals surface area contributed by atoms with E-state index in [9.17, 15) is 0 Å². The predicted molar refractivity (Wildman–Crippen MR) is 54.8 cm³/mol. The van der Waals surface area contributed by atoms with Crippen LogP contribution in [-0.2, 0) is 0 Å². The molecule has 0 spiro atoms. The van der Waals surface area contributed by atoms with Crippen molar-refractivity contribution in [3.63, 3.8) is 0 Å². The average molecular weight is 183 g/mol. The van der Waals surface area contributed by atoms with Crippen LogP contribution in [-0.4, -0.2) is 0 Å². The lowest BCUT2D eigenvalue weighted by Gasteiger charge is -2.07. The zero-order valence-corrected chi connectivity index (χ0v) is 8.60. The first kappa shape index (κ1) is 9.60. The van der Waals surface area contributed by atoms with Gasteiger partial charge in [-0.3, -0.25) is 0 Å². The summed E-state index contributed by atoms with van der Waals surface area (Å²) in [4.78, 5) is 0. The first-order valence-corrected chi connectivity index (χ1v) is 4.79. The van der Waals surface area contributed by atoms with Gasteiger partial charge >= 0.3 is 0 Å². The molecule has 0 N–H and O–H groups in total. The summed E-state index contributed by atoms with van der Waals surface area (Å²) in [6, 6.07) is 8.51. The molecule has 0 aliphatic carbocycles. The van der Waals surface area contributed by atoms with Crippen LogP contribution >= 0.6 is 11.6 Å². The lowest BCUT2D eigenvalue weighted by molar-refractivity contribution is 0.864. The van der Waals surface area contributed by atoms with Gasteiger partial charge in [0.15, 0.2) is 0 Å². The minimum absolute atomic E-state index is 0.117. The van der Waals surface area contributed by atoms with Crippen molar-refractivity contribution in [3.8, 4) is 0 Å². The van der Waals surface area contributed by atoms with Crippen LogP contribution in [0.25, 0.3) is 0 Å². The van der Waals surface area contributed by atoms with Crippen LogP contribution in [0.2, 0.25) is 0 Å². The zero-order valence-electron chi connectivity index (χ0n) is 7.84. The number of halogens is 1. The topological polar surface area (TPSA) is 0 Å². The zero-order chi connectivity index (χ0) is 9.14. The standard InChI is InChI=1S/C11H15Cl/c1-8(2)10-4-6-11(7-5-10)9(3)12/h4-9H,1-3H3/t9-/m1/s1. The average Bonchev–Trinajstić information content (AvgIpc) is 2.04. The van der Waals surface area contributed by atoms with E-state index in [1.54, 1.807) is 0 Å². The van der Waals surface area contributed by atoms with Gasteiger partial charge in [0.25, 0.3) is 0 Å². The van der Waals surface area contributed by atoms with E-state index in [0.717, 1.165) is 0 Å². The van der Waals surface area contributed by atoms with E-state index >= 15 is 0 Å². The van der Waals surface area contributed by atoms with E-state index in [-0.39, 0.29) is 5.38 Å². The van der Waals surface area contributed by atoms with Gasteiger partial charge in [0, 0.05) is 0 Å². The van der Waals surface area contributed by atoms with Gasteiger partial charge in [0.1, 0.15) is 0 Å². The lowest BCUT2D eigenvalue weighted by Crippen LogP contribution is -1.89. The number of hydrogen-bond donors (Lipinski definition) is 0. The third kappa shape index (κ3) is 2.25. The molecule has 0 aliphatic rings. The minimum Gasteiger partial charge on any atom is -0.118 e. The van der Waals surface area contributed by atoms with Crippen LogP contribution in [0.3, 0.4) is 0 Å². The third-order valence-corrected chi connectivity index (χ3v) is 2.31. The van der Waals surface area contributed by atoms with E-state index in [4.69, 9.17) is 11.6 Å². The number of rotatable bonds is 2. The number of hydrogen-bond acceptors (Lipinski definition) is 0. The van der Waals surface area contributed by atoms with E-state index in [1.807, 2.05) is 6.92 Å². The highest BCUT2D eigenvalue weighted by Gasteiger charge is 2.01. The van der Waals surface area contributed by atoms with Crippen LogP contribution < -0.4 is 0 Å². The molecule has 0 radical (unpaired) electrons. The van der Waals surface area contributed by atoms with Crippen LogP contribution in [0.15, 0.2) is 24.3 Å². The SMILES string of the molecule is CC(C)c1ccc([C@@H](C)Cl)cc1. The Balaban J connectivity index is 2.86. The molecule has 0 heterocycles. The van der Waals surface area contributed by atoms with Gasteiger partial charge in [0.2, 0.25) is 0 Å². The largest absolute Gasteiger partial charge is 0.118 e. The molecule has 0 aromatic heterocycles. The second-order valence-corrected chi connectivity index (χ2v) is 4.09. The lowest BCUT2D eigenvalue weighted by atomic mass is 10.0. The summed E-state index contributed by atoms with van der Waals surface area (Å²) >= 11 is 5.94. The van der Waals surface area contributed by atoms with E-state index in [2.05, 4.69) is 38.1 Å². The maximum absolute atomic E-state index is 5.94. The van der Waals surface area contributed by atoms with E-state index in [0.29, 0.717) is 5.92 Å². The fourth-order valence-electron chi connectivity index (χ4n) is 1.15. The second-order valence-electron chi connectivity index (χ2n) is 3.44. The fraction of sp³-hybridized carbons (Fsp3) is 0.455. The molecule has 0 bridgehead atoms. The van der Waals surface area contributed by atoms with Crippen molar-refractivity contribution in [2.45, 2.75) is 32.1 Å². The van der Waals surface area contributed by atoms with Gasteiger partial charge in [-0.1, -0.05) is 38.1 Å². The molecular formula is C11H15Cl. The molecule has 1 rings (SSSR count). The predicted octanol–water partition coefficient (Wildman–Crippen LogP) is 4.11. The Morgan fingerprint density at radius 2 is 1.33 bits per heavy atom. The van der Waals surface area contributed by atoms with Gasteiger partial charge in [0.05, 0.1) is 5.38 Å². The maximum Gasteiger partial charge on any atom is 0.0557 e. The van der Waals surface area contributed by atoms with Crippen LogP contribution in [0.5, 0.6) is 0 Å². The number of alkyl halides is 1. The van der Waals surface area contributed by atoms with Crippen molar-refractivity contribution in [2.75, 3.05) is 0 Å². The van der Waals surface area contributed by atoms with E-state index < -0.39 is 0 Å². The molecule has 0 saturated carbocycles. The Labute approximate surface area is 79.6 Å². The molecule has 0 aliphatic heterocycles. The van der Waals surface area contributed by atoms with Crippen molar-refractivity contribution in [1.82, 2.24) is 0 Å². The molecule has 1 aromatic rings. The molecular weight excluding hydrogens is 168 g/mol. The normalized spacial score (nSPS) is 13.4. The minimum atomic E-state index is 0.117. The van der Waals surface area contributed by atoms with Crippen molar-refractivity contribution in [2.24, 2.45) is 0 Å². The Kier molecular flexibility index (Phi) is 3.16. The van der Waals surface area contributed by atoms with Gasteiger partial charge in [-0.25, -0.2) is 0 Å². The Bertz CT molecular complexity index is 207. The summed E-state index contributed by atoms with van der Waals surface area (Å²) < 4.78 is 0. The first-order chi connectivity index (χ1) is 5.61. The Morgan fingerprint density at radius 3 is 1.67 bits per heavy atom. The summed E-state index contributed by atoms with van der Waals surface area (Å²) in [5, 5.41) is 0.117. The molecule has 0 saturated heterocycles. The van der Waals surface area contributed by atoms with E-state index in [1.165, 1.54) is 11.1 Å². The van der Waals surface area contributed by atoms with Gasteiger partial charge in [-0.05, 0) is 24.0 Å². The third-order valence-electron chi connectivity index (χ3n) is 2.06. The summed E-state index contributed by atoms with van der Waals surface area (Å²) in [5.74, 6) is 0.602. The van der Waals surface area contributed by atoms with Crippen LogP contribution in [0.4, 0.5) is 0 Å². The molecule has 12 heavy (non-hydrogen) atoms. The highest BCUT2D eigenvalue weighted by atomic mass is 35.5. The molecule has 0 nitrogen and oxygen atoms in total. The molecule has 66 valence electrons.